The van der Waals surface area contributed by atoms with Crippen molar-refractivity contribution in [3.63, 3.8) is 0 Å². The Kier molecular flexibility index (Phi) is 3.83. The first-order valence-electron chi connectivity index (χ1n) is 10.5. The summed E-state index contributed by atoms with van der Waals surface area (Å²) in [6.45, 7) is 7.35. The molecule has 0 aromatic heterocycles. The van der Waals surface area contributed by atoms with E-state index < -0.39 is 5.78 Å². The van der Waals surface area contributed by atoms with E-state index in [9.17, 15) is 19.5 Å². The Morgan fingerprint density at radius 2 is 1.63 bits per heavy atom. The highest BCUT2D eigenvalue weighted by molar-refractivity contribution is 6.30. The van der Waals surface area contributed by atoms with Gasteiger partial charge in [0.2, 0.25) is 0 Å². The van der Waals surface area contributed by atoms with Gasteiger partial charge in [0, 0.05) is 29.3 Å². The van der Waals surface area contributed by atoms with E-state index in [4.69, 9.17) is 0 Å². The van der Waals surface area contributed by atoms with Crippen molar-refractivity contribution in [3.8, 4) is 5.75 Å². The van der Waals surface area contributed by atoms with E-state index in [2.05, 4.69) is 20.8 Å². The van der Waals surface area contributed by atoms with Crippen LogP contribution < -0.4 is 0 Å². The van der Waals surface area contributed by atoms with Gasteiger partial charge in [-0.1, -0.05) is 45.0 Å². The highest BCUT2D eigenvalue weighted by atomic mass is 16.3. The molecule has 5 heteroatoms. The first-order valence-corrected chi connectivity index (χ1v) is 10.5. The van der Waals surface area contributed by atoms with E-state index in [1.165, 1.54) is 12.1 Å². The minimum atomic E-state index is -0.416. The molecule has 1 saturated heterocycles. The maximum absolute atomic E-state index is 13.5. The van der Waals surface area contributed by atoms with Gasteiger partial charge in [-0.15, -0.1) is 0 Å². The standard InChI is InChI=1S/C25H25NO4/c1-24(2)10-14-11-25(3,12-24)13-26(14)23(30)18-9-8-17-19(22(18)29)21(28)16-7-5-4-6-15(16)20(17)27/h4-9,14,29H,10-13H2,1-3H3/t14-,25+/m1/s1. The van der Waals surface area contributed by atoms with E-state index in [0.717, 1.165) is 19.3 Å². The van der Waals surface area contributed by atoms with E-state index >= 15 is 0 Å². The number of amides is 1. The lowest BCUT2D eigenvalue weighted by molar-refractivity contribution is 0.0704. The number of fused-ring (bicyclic) bond motifs is 4. The molecule has 30 heavy (non-hydrogen) atoms. The summed E-state index contributed by atoms with van der Waals surface area (Å²) in [5.41, 5.74) is 1.02. The number of carbonyl (C=O) groups excluding carboxylic acids is 3. The molecule has 1 saturated carbocycles. The molecule has 1 N–H and O–H groups in total. The number of ketones is 2. The zero-order valence-electron chi connectivity index (χ0n) is 17.5. The molecule has 2 aromatic rings. The second kappa shape index (κ2) is 6.03. The third-order valence-corrected chi connectivity index (χ3v) is 6.97. The van der Waals surface area contributed by atoms with Crippen molar-refractivity contribution in [3.05, 3.63) is 64.2 Å². The number of phenolic OH excluding ortho intramolecular Hbond substituents is 1. The molecule has 2 fully saturated rings. The molecule has 0 radical (unpaired) electrons. The number of nitrogens with zero attached hydrogens (tertiary/aromatic N) is 1. The third-order valence-electron chi connectivity index (χ3n) is 6.97. The van der Waals surface area contributed by atoms with Crippen LogP contribution in [0.4, 0.5) is 0 Å². The second-order valence-corrected chi connectivity index (χ2v) is 10.2. The number of rotatable bonds is 1. The Balaban J connectivity index is 1.56. The fraction of sp³-hybridized carbons (Fsp3) is 0.400. The third kappa shape index (κ3) is 2.64. The molecular weight excluding hydrogens is 378 g/mol. The van der Waals surface area contributed by atoms with Crippen LogP contribution in [0, 0.1) is 10.8 Å². The minimum Gasteiger partial charge on any atom is -0.506 e. The van der Waals surface area contributed by atoms with Crippen LogP contribution in [0.3, 0.4) is 0 Å². The summed E-state index contributed by atoms with van der Waals surface area (Å²) in [6.07, 6.45) is 2.93. The van der Waals surface area contributed by atoms with Gasteiger partial charge in [0.25, 0.3) is 5.91 Å². The number of carbonyl (C=O) groups is 3. The van der Waals surface area contributed by atoms with E-state index in [0.29, 0.717) is 12.1 Å². The van der Waals surface area contributed by atoms with Crippen molar-refractivity contribution < 1.29 is 19.5 Å². The quantitative estimate of drug-likeness (QED) is 0.661. The summed E-state index contributed by atoms with van der Waals surface area (Å²) in [5, 5.41) is 11.0. The summed E-state index contributed by atoms with van der Waals surface area (Å²) in [4.78, 5) is 41.2. The molecule has 2 bridgehead atoms. The van der Waals surface area contributed by atoms with Gasteiger partial charge in [-0.05, 0) is 42.2 Å². The van der Waals surface area contributed by atoms with E-state index in [-0.39, 0.29) is 56.6 Å². The molecule has 154 valence electrons. The smallest absolute Gasteiger partial charge is 0.257 e. The minimum absolute atomic E-state index is 0.0572. The lowest BCUT2D eigenvalue weighted by Crippen LogP contribution is -2.38. The van der Waals surface area contributed by atoms with E-state index in [1.54, 1.807) is 24.3 Å². The second-order valence-electron chi connectivity index (χ2n) is 10.2. The monoisotopic (exact) mass is 403 g/mol. The molecule has 5 rings (SSSR count). The molecule has 0 spiro atoms. The summed E-state index contributed by atoms with van der Waals surface area (Å²) >= 11 is 0. The predicted molar refractivity (Wildman–Crippen MR) is 112 cm³/mol. The van der Waals surface area contributed by atoms with Crippen molar-refractivity contribution in [1.82, 2.24) is 4.90 Å². The lowest BCUT2D eigenvalue weighted by Gasteiger charge is -2.39. The molecule has 2 aromatic carbocycles. The average Bonchev–Trinajstić information content (AvgIpc) is 2.94. The number of likely N-dealkylation sites (tertiary alicyclic amines) is 1. The van der Waals surface area contributed by atoms with Crippen molar-refractivity contribution in [2.45, 2.75) is 46.1 Å². The summed E-state index contributed by atoms with van der Waals surface area (Å²) in [6, 6.07) is 9.71. The summed E-state index contributed by atoms with van der Waals surface area (Å²) in [7, 11) is 0. The van der Waals surface area contributed by atoms with Crippen LogP contribution in [0.15, 0.2) is 36.4 Å². The molecule has 1 heterocycles. The lowest BCUT2D eigenvalue weighted by atomic mass is 9.65. The number of aromatic hydroxyl groups is 1. The topological polar surface area (TPSA) is 74.7 Å². The zero-order valence-corrected chi connectivity index (χ0v) is 17.5. The van der Waals surface area contributed by atoms with Crippen molar-refractivity contribution >= 4 is 17.5 Å². The molecule has 1 aliphatic heterocycles. The zero-order chi connectivity index (χ0) is 21.4. The van der Waals surface area contributed by atoms with Gasteiger partial charge in [0.1, 0.15) is 5.75 Å². The van der Waals surface area contributed by atoms with Crippen molar-refractivity contribution in [2.75, 3.05) is 6.54 Å². The van der Waals surface area contributed by atoms with Gasteiger partial charge in [-0.25, -0.2) is 0 Å². The van der Waals surface area contributed by atoms with Gasteiger partial charge in [0.05, 0.1) is 11.1 Å². The van der Waals surface area contributed by atoms with Crippen LogP contribution in [0.25, 0.3) is 0 Å². The van der Waals surface area contributed by atoms with Crippen LogP contribution in [-0.4, -0.2) is 40.1 Å². The molecule has 2 atom stereocenters. The van der Waals surface area contributed by atoms with Gasteiger partial charge in [0.15, 0.2) is 11.6 Å². The normalized spacial score (nSPS) is 26.4. The maximum atomic E-state index is 13.5. The number of hydrogen-bond donors (Lipinski definition) is 1. The molecule has 0 unspecified atom stereocenters. The first kappa shape index (κ1) is 19.0. The molecule has 1 amide bonds. The number of benzene rings is 2. The highest BCUT2D eigenvalue weighted by Crippen LogP contribution is 2.53. The maximum Gasteiger partial charge on any atom is 0.257 e. The van der Waals surface area contributed by atoms with Crippen LogP contribution >= 0.6 is 0 Å². The predicted octanol–water partition coefficient (Wildman–Crippen LogP) is 4.21. The van der Waals surface area contributed by atoms with Crippen LogP contribution in [0.2, 0.25) is 0 Å². The molecule has 5 nitrogen and oxygen atoms in total. The summed E-state index contributed by atoms with van der Waals surface area (Å²) in [5.74, 6) is -1.36. The first-order chi connectivity index (χ1) is 14.1. The number of phenols is 1. The highest BCUT2D eigenvalue weighted by Gasteiger charge is 2.51. The Morgan fingerprint density at radius 1 is 0.967 bits per heavy atom. The average molecular weight is 403 g/mol. The summed E-state index contributed by atoms with van der Waals surface area (Å²) < 4.78 is 0. The number of hydrogen-bond acceptors (Lipinski definition) is 4. The Morgan fingerprint density at radius 3 is 2.33 bits per heavy atom. The molecular formula is C25H25NO4. The van der Waals surface area contributed by atoms with Gasteiger partial charge < -0.3 is 10.0 Å². The Labute approximate surface area is 175 Å². The largest absolute Gasteiger partial charge is 0.506 e. The van der Waals surface area contributed by atoms with Gasteiger partial charge in [-0.3, -0.25) is 14.4 Å². The van der Waals surface area contributed by atoms with Crippen LogP contribution in [0.5, 0.6) is 5.75 Å². The van der Waals surface area contributed by atoms with Crippen LogP contribution in [-0.2, 0) is 0 Å². The van der Waals surface area contributed by atoms with Gasteiger partial charge >= 0.3 is 0 Å². The SMILES string of the molecule is CC1(C)C[C@@H]2C[C@](C)(CN2C(=O)c2ccc3c(c2O)C(=O)c2ccccc2C3=O)C1. The molecule has 2 aliphatic carbocycles. The Bertz CT molecular complexity index is 1130. The molecule has 3 aliphatic rings. The van der Waals surface area contributed by atoms with Gasteiger partial charge in [-0.2, -0.15) is 0 Å². The Hall–Kier alpha value is -2.95. The van der Waals surface area contributed by atoms with E-state index in [1.807, 2.05) is 4.90 Å². The van der Waals surface area contributed by atoms with Crippen LogP contribution in [0.1, 0.15) is 82.2 Å². The fourth-order valence-corrected chi connectivity index (χ4v) is 6.19. The van der Waals surface area contributed by atoms with Crippen molar-refractivity contribution in [2.24, 2.45) is 10.8 Å². The fourth-order valence-electron chi connectivity index (χ4n) is 6.19. The van der Waals surface area contributed by atoms with Crippen molar-refractivity contribution in [1.29, 1.82) is 0 Å².